The van der Waals surface area contributed by atoms with Crippen molar-refractivity contribution in [1.29, 1.82) is 0 Å². The third-order valence-corrected chi connectivity index (χ3v) is 2.75. The van der Waals surface area contributed by atoms with Crippen LogP contribution in [0.4, 0.5) is 0 Å². The maximum absolute atomic E-state index is 11.5. The highest BCUT2D eigenvalue weighted by Crippen LogP contribution is 2.11. The SMILES string of the molecule is Cn1c(=O)c(I)cc2cnccc21. The van der Waals surface area contributed by atoms with Crippen LogP contribution in [0.2, 0.25) is 0 Å². The van der Waals surface area contributed by atoms with Gasteiger partial charge in [0.2, 0.25) is 0 Å². The molecule has 2 rings (SSSR count). The van der Waals surface area contributed by atoms with Crippen LogP contribution in [0.3, 0.4) is 0 Å². The lowest BCUT2D eigenvalue weighted by Gasteiger charge is -2.03. The highest BCUT2D eigenvalue weighted by Gasteiger charge is 2.02. The standard InChI is InChI=1S/C9H7IN2O/c1-12-8-2-3-11-5-6(8)4-7(10)9(12)13/h2-5H,1H3. The molecule has 0 atom stereocenters. The van der Waals surface area contributed by atoms with Gasteiger partial charge in [-0.05, 0) is 34.7 Å². The zero-order valence-corrected chi connectivity index (χ0v) is 9.15. The quantitative estimate of drug-likeness (QED) is 0.689. The van der Waals surface area contributed by atoms with Gasteiger partial charge in [-0.15, -0.1) is 0 Å². The second-order valence-electron chi connectivity index (χ2n) is 2.79. The molecular formula is C9H7IN2O. The van der Waals surface area contributed by atoms with Crippen molar-refractivity contribution in [2.45, 2.75) is 0 Å². The predicted octanol–water partition coefficient (Wildman–Crippen LogP) is 1.54. The smallest absolute Gasteiger partial charge is 0.264 e. The van der Waals surface area contributed by atoms with Gasteiger partial charge in [-0.1, -0.05) is 0 Å². The first-order valence-electron chi connectivity index (χ1n) is 3.79. The van der Waals surface area contributed by atoms with Crippen LogP contribution >= 0.6 is 22.6 Å². The zero-order chi connectivity index (χ0) is 9.42. The molecule has 0 aliphatic rings. The van der Waals surface area contributed by atoms with Crippen LogP contribution in [0.5, 0.6) is 0 Å². The van der Waals surface area contributed by atoms with E-state index in [0.29, 0.717) is 0 Å². The summed E-state index contributed by atoms with van der Waals surface area (Å²) in [6, 6.07) is 3.69. The fraction of sp³-hybridized carbons (Fsp3) is 0.111. The van der Waals surface area contributed by atoms with Crippen LogP contribution in [0.1, 0.15) is 0 Å². The second-order valence-corrected chi connectivity index (χ2v) is 3.95. The van der Waals surface area contributed by atoms with E-state index in [0.717, 1.165) is 14.5 Å². The van der Waals surface area contributed by atoms with E-state index in [-0.39, 0.29) is 5.56 Å². The number of aryl methyl sites for hydroxylation is 1. The van der Waals surface area contributed by atoms with E-state index in [1.165, 1.54) is 0 Å². The van der Waals surface area contributed by atoms with E-state index in [4.69, 9.17) is 0 Å². The molecule has 4 heteroatoms. The van der Waals surface area contributed by atoms with E-state index in [9.17, 15) is 4.79 Å². The molecule has 0 saturated heterocycles. The molecule has 2 aromatic rings. The van der Waals surface area contributed by atoms with Gasteiger partial charge in [-0.25, -0.2) is 0 Å². The van der Waals surface area contributed by atoms with Crippen molar-refractivity contribution in [2.24, 2.45) is 7.05 Å². The van der Waals surface area contributed by atoms with Gasteiger partial charge >= 0.3 is 0 Å². The molecule has 0 amide bonds. The van der Waals surface area contributed by atoms with Crippen molar-refractivity contribution in [3.63, 3.8) is 0 Å². The fourth-order valence-electron chi connectivity index (χ4n) is 1.28. The molecule has 0 N–H and O–H groups in total. The summed E-state index contributed by atoms with van der Waals surface area (Å²) in [5.41, 5.74) is 0.958. The molecule has 66 valence electrons. The number of hydrogen-bond donors (Lipinski definition) is 0. The monoisotopic (exact) mass is 286 g/mol. The Morgan fingerprint density at radius 2 is 2.31 bits per heavy atom. The second kappa shape index (κ2) is 3.10. The first-order valence-corrected chi connectivity index (χ1v) is 4.87. The van der Waals surface area contributed by atoms with E-state index in [1.807, 2.05) is 34.7 Å². The molecule has 13 heavy (non-hydrogen) atoms. The van der Waals surface area contributed by atoms with Crippen LogP contribution in [0.15, 0.2) is 29.3 Å². The Morgan fingerprint density at radius 1 is 1.54 bits per heavy atom. The number of hydrogen-bond acceptors (Lipinski definition) is 2. The van der Waals surface area contributed by atoms with Crippen LogP contribution in [0, 0.1) is 3.57 Å². The number of aromatic nitrogens is 2. The first kappa shape index (κ1) is 8.68. The molecule has 0 aliphatic heterocycles. The Morgan fingerprint density at radius 3 is 3.08 bits per heavy atom. The van der Waals surface area contributed by atoms with Gasteiger partial charge < -0.3 is 4.57 Å². The van der Waals surface area contributed by atoms with Gasteiger partial charge in [0.15, 0.2) is 0 Å². The van der Waals surface area contributed by atoms with Crippen molar-refractivity contribution in [2.75, 3.05) is 0 Å². The Kier molecular flexibility index (Phi) is 2.07. The van der Waals surface area contributed by atoms with Crippen molar-refractivity contribution in [1.82, 2.24) is 9.55 Å². The summed E-state index contributed by atoms with van der Waals surface area (Å²) >= 11 is 2.04. The Labute approximate surface area is 88.6 Å². The largest absolute Gasteiger partial charge is 0.310 e. The van der Waals surface area contributed by atoms with Crippen LogP contribution in [-0.2, 0) is 7.05 Å². The van der Waals surface area contributed by atoms with Crippen molar-refractivity contribution in [3.05, 3.63) is 38.5 Å². The molecule has 2 heterocycles. The van der Waals surface area contributed by atoms with E-state index < -0.39 is 0 Å². The molecule has 0 saturated carbocycles. The molecule has 0 radical (unpaired) electrons. The molecule has 0 fully saturated rings. The lowest BCUT2D eigenvalue weighted by Crippen LogP contribution is -2.19. The van der Waals surface area contributed by atoms with Gasteiger partial charge in [0, 0.05) is 24.8 Å². The lowest BCUT2D eigenvalue weighted by atomic mass is 10.3. The number of fused-ring (bicyclic) bond motifs is 1. The topological polar surface area (TPSA) is 34.9 Å². The Bertz CT molecular complexity index is 518. The number of rotatable bonds is 0. The number of halogens is 1. The first-order chi connectivity index (χ1) is 6.20. The fourth-order valence-corrected chi connectivity index (χ4v) is 1.98. The molecular weight excluding hydrogens is 279 g/mol. The summed E-state index contributed by atoms with van der Waals surface area (Å²) in [7, 11) is 1.77. The summed E-state index contributed by atoms with van der Waals surface area (Å²) in [4.78, 5) is 15.5. The maximum Gasteiger partial charge on any atom is 0.264 e. The summed E-state index contributed by atoms with van der Waals surface area (Å²) in [5.74, 6) is 0. The molecule has 0 aromatic carbocycles. The summed E-state index contributed by atoms with van der Waals surface area (Å²) in [6.07, 6.45) is 3.45. The van der Waals surface area contributed by atoms with Gasteiger partial charge in [-0.2, -0.15) is 0 Å². The minimum absolute atomic E-state index is 0.0410. The van der Waals surface area contributed by atoms with Gasteiger partial charge in [0.25, 0.3) is 5.56 Å². The van der Waals surface area contributed by atoms with Gasteiger partial charge in [0.05, 0.1) is 9.09 Å². The van der Waals surface area contributed by atoms with Crippen molar-refractivity contribution >= 4 is 33.5 Å². The highest BCUT2D eigenvalue weighted by atomic mass is 127. The molecule has 0 aliphatic carbocycles. The van der Waals surface area contributed by atoms with Crippen molar-refractivity contribution in [3.8, 4) is 0 Å². The van der Waals surface area contributed by atoms with E-state index in [2.05, 4.69) is 4.98 Å². The molecule has 0 spiro atoms. The average Bonchev–Trinajstić information content (AvgIpc) is 2.15. The van der Waals surface area contributed by atoms with Crippen LogP contribution < -0.4 is 5.56 Å². The predicted molar refractivity (Wildman–Crippen MR) is 59.7 cm³/mol. The Balaban J connectivity index is 3.02. The number of nitrogens with zero attached hydrogens (tertiary/aromatic N) is 2. The molecule has 3 nitrogen and oxygen atoms in total. The molecule has 2 aromatic heterocycles. The zero-order valence-electron chi connectivity index (χ0n) is 6.99. The molecule has 0 bridgehead atoms. The third-order valence-electron chi connectivity index (χ3n) is 1.98. The summed E-state index contributed by atoms with van der Waals surface area (Å²) in [6.45, 7) is 0. The van der Waals surface area contributed by atoms with Crippen molar-refractivity contribution < 1.29 is 0 Å². The lowest BCUT2D eigenvalue weighted by molar-refractivity contribution is 0.897. The average molecular weight is 286 g/mol. The normalized spacial score (nSPS) is 10.6. The summed E-state index contributed by atoms with van der Waals surface area (Å²) < 4.78 is 2.36. The van der Waals surface area contributed by atoms with E-state index >= 15 is 0 Å². The van der Waals surface area contributed by atoms with Gasteiger partial charge in [-0.3, -0.25) is 9.78 Å². The highest BCUT2D eigenvalue weighted by molar-refractivity contribution is 14.1. The maximum atomic E-state index is 11.5. The molecule has 0 unspecified atom stereocenters. The van der Waals surface area contributed by atoms with Crippen LogP contribution in [0.25, 0.3) is 10.9 Å². The number of pyridine rings is 2. The third kappa shape index (κ3) is 1.35. The van der Waals surface area contributed by atoms with Crippen LogP contribution in [-0.4, -0.2) is 9.55 Å². The van der Waals surface area contributed by atoms with Gasteiger partial charge in [0.1, 0.15) is 0 Å². The minimum atomic E-state index is 0.0410. The Hall–Kier alpha value is -0.910. The van der Waals surface area contributed by atoms with E-state index in [1.54, 1.807) is 24.0 Å². The summed E-state index contributed by atoms with van der Waals surface area (Å²) in [5, 5.41) is 0.994. The minimum Gasteiger partial charge on any atom is -0.310 e.